The highest BCUT2D eigenvalue weighted by Crippen LogP contribution is 2.17. The van der Waals surface area contributed by atoms with E-state index in [0.717, 1.165) is 5.69 Å². The van der Waals surface area contributed by atoms with E-state index in [1.54, 1.807) is 5.01 Å². The van der Waals surface area contributed by atoms with Crippen LogP contribution in [0, 0.1) is 5.41 Å². The van der Waals surface area contributed by atoms with Crippen LogP contribution in [0.1, 0.15) is 31.1 Å². The van der Waals surface area contributed by atoms with Crippen molar-refractivity contribution in [2.24, 2.45) is 5.41 Å². The van der Waals surface area contributed by atoms with E-state index >= 15 is 0 Å². The quantitative estimate of drug-likeness (QED) is 0.863. The smallest absolute Gasteiger partial charge is 0.267 e. The molecule has 0 aromatic heterocycles. The largest absolute Gasteiger partial charge is 0.272 e. The molecule has 2 aromatic carbocycles. The highest BCUT2D eigenvalue weighted by Gasteiger charge is 2.19. The van der Waals surface area contributed by atoms with Gasteiger partial charge in [0.15, 0.2) is 0 Å². The fourth-order valence-electron chi connectivity index (χ4n) is 1.88. The maximum Gasteiger partial charge on any atom is 0.272 e. The van der Waals surface area contributed by atoms with Crippen molar-refractivity contribution in [3.8, 4) is 0 Å². The molecule has 21 heavy (non-hydrogen) atoms. The zero-order chi connectivity index (χ0) is 15.3. The molecule has 0 fully saturated rings. The van der Waals surface area contributed by atoms with E-state index in [1.807, 2.05) is 60.7 Å². The van der Waals surface area contributed by atoms with Crippen molar-refractivity contribution in [2.75, 3.05) is 11.6 Å². The number of carbonyl (C=O) groups excluding carboxylic acids is 1. The Kier molecular flexibility index (Phi) is 4.76. The average Bonchev–Trinajstić information content (AvgIpc) is 2.48. The molecule has 0 heterocycles. The first-order chi connectivity index (χ1) is 9.97. The third kappa shape index (κ3) is 4.43. The number of nitrogens with one attached hydrogen (secondary N) is 1. The predicted molar refractivity (Wildman–Crippen MR) is 87.2 cm³/mol. The van der Waals surface area contributed by atoms with Crippen LogP contribution >= 0.6 is 0 Å². The second-order valence-corrected chi connectivity index (χ2v) is 6.24. The molecule has 0 spiro atoms. The van der Waals surface area contributed by atoms with E-state index < -0.39 is 0 Å². The number of hydrogen-bond acceptors (Lipinski definition) is 2. The number of nitrogens with zero attached hydrogens (tertiary/aromatic N) is 1. The molecule has 0 unspecified atom stereocenters. The molecule has 0 aliphatic rings. The van der Waals surface area contributed by atoms with Crippen LogP contribution in [0.3, 0.4) is 0 Å². The molecule has 0 saturated carbocycles. The van der Waals surface area contributed by atoms with E-state index in [9.17, 15) is 4.79 Å². The standard InChI is InChI=1S/C18H22N2O/c1-18(2,3)14-19-20(16-12-8-5-9-13-16)17(21)15-10-6-4-7-11-15/h4-13,19H,14H2,1-3H3. The Morgan fingerprint density at radius 3 is 2.00 bits per heavy atom. The van der Waals surface area contributed by atoms with Gasteiger partial charge in [-0.15, -0.1) is 0 Å². The predicted octanol–water partition coefficient (Wildman–Crippen LogP) is 3.88. The third-order valence-electron chi connectivity index (χ3n) is 3.01. The van der Waals surface area contributed by atoms with Crippen molar-refractivity contribution in [3.63, 3.8) is 0 Å². The van der Waals surface area contributed by atoms with Crippen LogP contribution in [0.4, 0.5) is 5.69 Å². The second-order valence-electron chi connectivity index (χ2n) is 6.24. The van der Waals surface area contributed by atoms with E-state index in [4.69, 9.17) is 0 Å². The number of hydrogen-bond donors (Lipinski definition) is 1. The molecule has 3 nitrogen and oxygen atoms in total. The number of benzene rings is 2. The van der Waals surface area contributed by atoms with Gasteiger partial charge in [0, 0.05) is 12.1 Å². The van der Waals surface area contributed by atoms with Crippen molar-refractivity contribution < 1.29 is 4.79 Å². The minimum absolute atomic E-state index is 0.0500. The molecule has 2 aromatic rings. The number of amides is 1. The Morgan fingerprint density at radius 1 is 0.952 bits per heavy atom. The summed E-state index contributed by atoms with van der Waals surface area (Å²) in [5.74, 6) is -0.0500. The maximum absolute atomic E-state index is 12.7. The molecule has 0 bridgehead atoms. The Bertz CT molecular complexity index is 573. The number of carbonyl (C=O) groups is 1. The minimum Gasteiger partial charge on any atom is -0.267 e. The van der Waals surface area contributed by atoms with Gasteiger partial charge in [-0.2, -0.15) is 0 Å². The van der Waals surface area contributed by atoms with Crippen LogP contribution < -0.4 is 10.4 Å². The molecule has 110 valence electrons. The molecule has 3 heteroatoms. The summed E-state index contributed by atoms with van der Waals surface area (Å²) in [5, 5.41) is 1.63. The van der Waals surface area contributed by atoms with Gasteiger partial charge in [-0.3, -0.25) is 4.79 Å². The summed E-state index contributed by atoms with van der Waals surface area (Å²) in [7, 11) is 0. The molecule has 0 saturated heterocycles. The average molecular weight is 282 g/mol. The van der Waals surface area contributed by atoms with E-state index in [-0.39, 0.29) is 11.3 Å². The lowest BCUT2D eigenvalue weighted by atomic mass is 9.97. The van der Waals surface area contributed by atoms with Gasteiger partial charge in [-0.25, -0.2) is 10.4 Å². The molecule has 2 rings (SSSR count). The molecular formula is C18H22N2O. The number of para-hydroxylation sites is 1. The molecule has 1 amide bonds. The second kappa shape index (κ2) is 6.55. The zero-order valence-corrected chi connectivity index (χ0v) is 12.8. The maximum atomic E-state index is 12.7. The van der Waals surface area contributed by atoms with E-state index in [0.29, 0.717) is 12.1 Å². The Morgan fingerprint density at radius 2 is 1.48 bits per heavy atom. The number of rotatable bonds is 4. The highest BCUT2D eigenvalue weighted by atomic mass is 16.2. The SMILES string of the molecule is CC(C)(C)CNN(C(=O)c1ccccc1)c1ccccc1. The van der Waals surface area contributed by atoms with E-state index in [2.05, 4.69) is 26.2 Å². The Labute approximate surface area is 126 Å². The van der Waals surface area contributed by atoms with Gasteiger partial charge < -0.3 is 0 Å². The lowest BCUT2D eigenvalue weighted by Gasteiger charge is -2.28. The molecule has 0 radical (unpaired) electrons. The monoisotopic (exact) mass is 282 g/mol. The lowest BCUT2D eigenvalue weighted by molar-refractivity contribution is 0.0970. The highest BCUT2D eigenvalue weighted by molar-refractivity contribution is 6.05. The van der Waals surface area contributed by atoms with Gasteiger partial charge in [0.2, 0.25) is 0 Å². The molecular weight excluding hydrogens is 260 g/mol. The first-order valence-electron chi connectivity index (χ1n) is 7.15. The van der Waals surface area contributed by atoms with Crippen LogP contribution in [-0.4, -0.2) is 12.5 Å². The van der Waals surface area contributed by atoms with Crippen molar-refractivity contribution in [3.05, 3.63) is 66.2 Å². The zero-order valence-electron chi connectivity index (χ0n) is 12.8. The summed E-state index contributed by atoms with van der Waals surface area (Å²) in [6.07, 6.45) is 0. The fourth-order valence-corrected chi connectivity index (χ4v) is 1.88. The van der Waals surface area contributed by atoms with Crippen LogP contribution in [0.25, 0.3) is 0 Å². The molecule has 0 aliphatic carbocycles. The number of anilines is 1. The minimum atomic E-state index is -0.0500. The van der Waals surface area contributed by atoms with E-state index in [1.165, 1.54) is 0 Å². The van der Waals surface area contributed by atoms with Gasteiger partial charge in [-0.05, 0) is 29.7 Å². The third-order valence-corrected chi connectivity index (χ3v) is 3.01. The summed E-state index contributed by atoms with van der Waals surface area (Å²) in [6.45, 7) is 7.11. The van der Waals surface area contributed by atoms with Crippen molar-refractivity contribution in [2.45, 2.75) is 20.8 Å². The Balaban J connectivity index is 2.26. The van der Waals surface area contributed by atoms with Crippen LogP contribution in [0.2, 0.25) is 0 Å². The number of hydrazine groups is 1. The Hall–Kier alpha value is -2.13. The van der Waals surface area contributed by atoms with Gasteiger partial charge in [0.25, 0.3) is 5.91 Å². The molecule has 1 N–H and O–H groups in total. The van der Waals surface area contributed by atoms with Gasteiger partial charge >= 0.3 is 0 Å². The van der Waals surface area contributed by atoms with Gasteiger partial charge in [-0.1, -0.05) is 57.2 Å². The van der Waals surface area contributed by atoms with Crippen molar-refractivity contribution >= 4 is 11.6 Å². The van der Waals surface area contributed by atoms with Gasteiger partial charge in [0.05, 0.1) is 5.69 Å². The molecule has 0 aliphatic heterocycles. The summed E-state index contributed by atoms with van der Waals surface area (Å²) < 4.78 is 0. The van der Waals surface area contributed by atoms with Gasteiger partial charge in [0.1, 0.15) is 0 Å². The fraction of sp³-hybridized carbons (Fsp3) is 0.278. The summed E-state index contributed by atoms with van der Waals surface area (Å²) in [5.41, 5.74) is 4.86. The first-order valence-corrected chi connectivity index (χ1v) is 7.15. The summed E-state index contributed by atoms with van der Waals surface area (Å²) in [6, 6.07) is 19.0. The van der Waals surface area contributed by atoms with Crippen LogP contribution in [-0.2, 0) is 0 Å². The lowest BCUT2D eigenvalue weighted by Crippen LogP contribution is -2.46. The molecule has 0 atom stereocenters. The summed E-state index contributed by atoms with van der Waals surface area (Å²) in [4.78, 5) is 12.7. The van der Waals surface area contributed by atoms with Crippen LogP contribution in [0.5, 0.6) is 0 Å². The van der Waals surface area contributed by atoms with Crippen molar-refractivity contribution in [1.82, 2.24) is 5.43 Å². The first kappa shape index (κ1) is 15.3. The van der Waals surface area contributed by atoms with Crippen LogP contribution in [0.15, 0.2) is 60.7 Å². The van der Waals surface area contributed by atoms with Crippen molar-refractivity contribution in [1.29, 1.82) is 0 Å². The normalized spacial score (nSPS) is 11.2. The summed E-state index contributed by atoms with van der Waals surface area (Å²) >= 11 is 0. The topological polar surface area (TPSA) is 32.3 Å².